The molecular weight excluding hydrogens is 244 g/mol. The van der Waals surface area contributed by atoms with E-state index < -0.39 is 5.69 Å². The molecule has 1 aliphatic heterocycles. The summed E-state index contributed by atoms with van der Waals surface area (Å²) in [6, 6.07) is 10.0. The fourth-order valence-electron chi connectivity index (χ4n) is 2.18. The first-order chi connectivity index (χ1) is 9.33. The van der Waals surface area contributed by atoms with E-state index >= 15 is 0 Å². The van der Waals surface area contributed by atoms with Gasteiger partial charge in [0.15, 0.2) is 5.82 Å². The number of aromatic nitrogens is 3. The summed E-state index contributed by atoms with van der Waals surface area (Å²) >= 11 is 0. The molecule has 19 heavy (non-hydrogen) atoms. The molecule has 1 aromatic carbocycles. The maximum absolute atomic E-state index is 11.2. The van der Waals surface area contributed by atoms with Gasteiger partial charge in [0.25, 0.3) is 0 Å². The van der Waals surface area contributed by atoms with Crippen LogP contribution in [0, 0.1) is 0 Å². The van der Waals surface area contributed by atoms with Crippen LogP contribution in [0.2, 0.25) is 0 Å². The molecule has 0 aliphatic carbocycles. The SMILES string of the molecule is O=c1nc(N2CCO[C@H](c3ccccc3)C2)cn[nH]1. The van der Waals surface area contributed by atoms with Crippen molar-refractivity contribution in [3.05, 3.63) is 52.6 Å². The van der Waals surface area contributed by atoms with Crippen LogP contribution in [0.4, 0.5) is 5.82 Å². The van der Waals surface area contributed by atoms with E-state index in [-0.39, 0.29) is 6.10 Å². The monoisotopic (exact) mass is 258 g/mol. The van der Waals surface area contributed by atoms with Crippen LogP contribution in [-0.2, 0) is 4.74 Å². The van der Waals surface area contributed by atoms with Crippen LogP contribution in [0.1, 0.15) is 11.7 Å². The number of morpholine rings is 1. The molecule has 0 spiro atoms. The van der Waals surface area contributed by atoms with E-state index in [1.807, 2.05) is 35.2 Å². The molecule has 6 heteroatoms. The summed E-state index contributed by atoms with van der Waals surface area (Å²) < 4.78 is 5.77. The van der Waals surface area contributed by atoms with E-state index in [4.69, 9.17) is 4.74 Å². The first kappa shape index (κ1) is 11.9. The number of hydrogen-bond acceptors (Lipinski definition) is 5. The smallest absolute Gasteiger partial charge is 0.363 e. The number of benzene rings is 1. The molecule has 0 saturated carbocycles. The lowest BCUT2D eigenvalue weighted by Gasteiger charge is -2.33. The van der Waals surface area contributed by atoms with Crippen LogP contribution in [0.25, 0.3) is 0 Å². The normalized spacial score (nSPS) is 19.4. The van der Waals surface area contributed by atoms with Crippen LogP contribution in [0.5, 0.6) is 0 Å². The lowest BCUT2D eigenvalue weighted by molar-refractivity contribution is 0.0395. The Morgan fingerprint density at radius 3 is 2.95 bits per heavy atom. The van der Waals surface area contributed by atoms with Crippen LogP contribution < -0.4 is 10.6 Å². The van der Waals surface area contributed by atoms with E-state index in [1.165, 1.54) is 0 Å². The molecule has 3 rings (SSSR count). The average molecular weight is 258 g/mol. The number of anilines is 1. The second-order valence-electron chi connectivity index (χ2n) is 4.36. The third-order valence-corrected chi connectivity index (χ3v) is 3.12. The number of H-pyrrole nitrogens is 1. The number of nitrogens with zero attached hydrogens (tertiary/aromatic N) is 3. The zero-order valence-corrected chi connectivity index (χ0v) is 10.3. The van der Waals surface area contributed by atoms with Crippen molar-refractivity contribution in [2.45, 2.75) is 6.10 Å². The van der Waals surface area contributed by atoms with Crippen molar-refractivity contribution in [2.24, 2.45) is 0 Å². The van der Waals surface area contributed by atoms with Gasteiger partial charge in [-0.3, -0.25) is 0 Å². The molecule has 0 unspecified atom stereocenters. The minimum atomic E-state index is -0.430. The Bertz CT molecular complexity index is 599. The summed E-state index contributed by atoms with van der Waals surface area (Å²) in [5.41, 5.74) is 0.699. The molecule has 1 N–H and O–H groups in total. The second-order valence-corrected chi connectivity index (χ2v) is 4.36. The van der Waals surface area contributed by atoms with Gasteiger partial charge in [-0.05, 0) is 5.56 Å². The van der Waals surface area contributed by atoms with Gasteiger partial charge >= 0.3 is 5.69 Å². The van der Waals surface area contributed by atoms with Crippen molar-refractivity contribution in [1.82, 2.24) is 15.2 Å². The molecule has 0 amide bonds. The highest BCUT2D eigenvalue weighted by Crippen LogP contribution is 2.23. The summed E-state index contributed by atoms with van der Waals surface area (Å²) in [7, 11) is 0. The van der Waals surface area contributed by atoms with Crippen molar-refractivity contribution >= 4 is 5.82 Å². The molecule has 1 saturated heterocycles. The van der Waals surface area contributed by atoms with E-state index in [9.17, 15) is 4.79 Å². The molecule has 1 aliphatic rings. The Morgan fingerprint density at radius 1 is 1.32 bits per heavy atom. The average Bonchev–Trinajstić information content (AvgIpc) is 2.48. The highest BCUT2D eigenvalue weighted by Gasteiger charge is 2.23. The molecule has 6 nitrogen and oxygen atoms in total. The molecule has 0 radical (unpaired) electrons. The third kappa shape index (κ3) is 2.63. The van der Waals surface area contributed by atoms with Crippen molar-refractivity contribution in [3.8, 4) is 0 Å². The van der Waals surface area contributed by atoms with Gasteiger partial charge in [0, 0.05) is 13.1 Å². The number of rotatable bonds is 2. The number of aromatic amines is 1. The van der Waals surface area contributed by atoms with Gasteiger partial charge in [-0.1, -0.05) is 30.3 Å². The van der Waals surface area contributed by atoms with E-state index in [0.29, 0.717) is 25.5 Å². The van der Waals surface area contributed by atoms with Gasteiger partial charge in [0.1, 0.15) is 6.10 Å². The minimum absolute atomic E-state index is 0.00367. The highest BCUT2D eigenvalue weighted by molar-refractivity contribution is 5.36. The Balaban J connectivity index is 1.80. The summed E-state index contributed by atoms with van der Waals surface area (Å²) in [6.45, 7) is 1.98. The number of nitrogens with one attached hydrogen (secondary N) is 1. The van der Waals surface area contributed by atoms with Crippen LogP contribution in [0.3, 0.4) is 0 Å². The lowest BCUT2D eigenvalue weighted by atomic mass is 10.1. The van der Waals surface area contributed by atoms with Crippen molar-refractivity contribution in [1.29, 1.82) is 0 Å². The Labute approximate surface area is 110 Å². The molecule has 1 fully saturated rings. The Kier molecular flexibility index (Phi) is 3.24. The molecule has 1 aromatic heterocycles. The zero-order valence-electron chi connectivity index (χ0n) is 10.3. The largest absolute Gasteiger partial charge is 0.370 e. The molecule has 0 bridgehead atoms. The van der Waals surface area contributed by atoms with Gasteiger partial charge in [0.05, 0.1) is 12.8 Å². The quantitative estimate of drug-likeness (QED) is 0.860. The van der Waals surface area contributed by atoms with Gasteiger partial charge in [-0.2, -0.15) is 10.1 Å². The number of hydrogen-bond donors (Lipinski definition) is 1. The summed E-state index contributed by atoms with van der Waals surface area (Å²) in [4.78, 5) is 17.1. The summed E-state index contributed by atoms with van der Waals surface area (Å²) in [5, 5.41) is 6.05. The zero-order chi connectivity index (χ0) is 13.1. The third-order valence-electron chi connectivity index (χ3n) is 3.12. The predicted molar refractivity (Wildman–Crippen MR) is 70.0 cm³/mol. The van der Waals surface area contributed by atoms with Crippen molar-refractivity contribution < 1.29 is 4.74 Å². The van der Waals surface area contributed by atoms with Gasteiger partial charge in [-0.15, -0.1) is 0 Å². The molecule has 1 atom stereocenters. The van der Waals surface area contributed by atoms with Gasteiger partial charge in [0.2, 0.25) is 0 Å². The summed E-state index contributed by atoms with van der Waals surface area (Å²) in [6.07, 6.45) is 1.56. The lowest BCUT2D eigenvalue weighted by Crippen LogP contribution is -2.39. The molecule has 2 heterocycles. The van der Waals surface area contributed by atoms with Crippen LogP contribution in [-0.4, -0.2) is 34.9 Å². The fraction of sp³-hybridized carbons (Fsp3) is 0.308. The minimum Gasteiger partial charge on any atom is -0.370 e. The van der Waals surface area contributed by atoms with Crippen LogP contribution in [0.15, 0.2) is 41.3 Å². The topological polar surface area (TPSA) is 71.1 Å². The summed E-state index contributed by atoms with van der Waals surface area (Å²) in [5.74, 6) is 0.591. The first-order valence-corrected chi connectivity index (χ1v) is 6.16. The van der Waals surface area contributed by atoms with E-state index in [0.717, 1.165) is 5.56 Å². The van der Waals surface area contributed by atoms with Gasteiger partial charge < -0.3 is 9.64 Å². The molecule has 98 valence electrons. The maximum Gasteiger partial charge on any atom is 0.363 e. The number of ether oxygens (including phenoxy) is 1. The molecular formula is C13H14N4O2. The standard InChI is InChI=1S/C13H14N4O2/c18-13-15-12(8-14-16-13)17-6-7-19-11(9-17)10-4-2-1-3-5-10/h1-5,8,11H,6-7,9H2,(H,15,16,18)/t11-/m0/s1. The predicted octanol–water partition coefficient (Wildman–Crippen LogP) is 0.743. The van der Waals surface area contributed by atoms with E-state index in [1.54, 1.807) is 6.20 Å². The Hall–Kier alpha value is -2.21. The molecule has 2 aromatic rings. The van der Waals surface area contributed by atoms with Crippen molar-refractivity contribution in [3.63, 3.8) is 0 Å². The van der Waals surface area contributed by atoms with Crippen molar-refractivity contribution in [2.75, 3.05) is 24.6 Å². The maximum atomic E-state index is 11.2. The first-order valence-electron chi connectivity index (χ1n) is 6.16. The van der Waals surface area contributed by atoms with Gasteiger partial charge in [-0.25, -0.2) is 9.89 Å². The fourth-order valence-corrected chi connectivity index (χ4v) is 2.18. The second kappa shape index (κ2) is 5.19. The Morgan fingerprint density at radius 2 is 2.16 bits per heavy atom. The van der Waals surface area contributed by atoms with Crippen LogP contribution >= 0.6 is 0 Å². The van der Waals surface area contributed by atoms with E-state index in [2.05, 4.69) is 15.2 Å². The highest BCUT2D eigenvalue weighted by atomic mass is 16.5.